The van der Waals surface area contributed by atoms with Crippen LogP contribution in [0.2, 0.25) is 0 Å². The van der Waals surface area contributed by atoms with Crippen LogP contribution in [0.25, 0.3) is 6.08 Å². The number of hydrogen-bond acceptors (Lipinski definition) is 1. The Bertz CT molecular complexity index is 330. The molecule has 0 spiro atoms. The molecule has 2 nitrogen and oxygen atoms in total. The molecule has 1 aliphatic heterocycles. The van der Waals surface area contributed by atoms with E-state index in [2.05, 4.69) is 0 Å². The molecule has 0 bridgehead atoms. The van der Waals surface area contributed by atoms with E-state index in [9.17, 15) is 4.79 Å². The van der Waals surface area contributed by atoms with Crippen molar-refractivity contribution in [2.75, 3.05) is 11.4 Å². The first kappa shape index (κ1) is 7.10. The minimum Gasteiger partial charge on any atom is -0.311 e. The number of carbonyl (C=O) groups is 1. The minimum atomic E-state index is 0.681. The molecule has 0 unspecified atom stereocenters. The van der Waals surface area contributed by atoms with Gasteiger partial charge in [-0.1, -0.05) is 30.4 Å². The zero-order valence-corrected chi connectivity index (χ0v) is 6.60. The van der Waals surface area contributed by atoms with E-state index in [0.29, 0.717) is 6.54 Å². The number of rotatable bonds is 1. The number of fused-ring (bicyclic) bond motifs is 1. The number of anilines is 1. The molecule has 0 saturated heterocycles. The van der Waals surface area contributed by atoms with Gasteiger partial charge in [-0.3, -0.25) is 4.79 Å². The summed E-state index contributed by atoms with van der Waals surface area (Å²) in [4.78, 5) is 12.3. The lowest BCUT2D eigenvalue weighted by Gasteiger charge is -2.21. The van der Waals surface area contributed by atoms with E-state index in [1.165, 1.54) is 0 Å². The Morgan fingerprint density at radius 3 is 3.00 bits per heavy atom. The molecular weight excluding hydrogens is 150 g/mol. The van der Waals surface area contributed by atoms with Gasteiger partial charge in [-0.25, -0.2) is 0 Å². The SMILES string of the molecule is O=CN1CC=Cc2ccccc21. The molecule has 1 aliphatic rings. The zero-order chi connectivity index (χ0) is 8.39. The molecule has 2 rings (SSSR count). The molecule has 1 heterocycles. The molecule has 0 aliphatic carbocycles. The Balaban J connectivity index is 2.52. The smallest absolute Gasteiger partial charge is 0.214 e. The highest BCUT2D eigenvalue weighted by atomic mass is 16.1. The van der Waals surface area contributed by atoms with Crippen molar-refractivity contribution in [2.24, 2.45) is 0 Å². The summed E-state index contributed by atoms with van der Waals surface area (Å²) in [5.74, 6) is 0. The Morgan fingerprint density at radius 1 is 1.33 bits per heavy atom. The standard InChI is InChI=1S/C10H9NO/c12-8-11-7-3-5-9-4-1-2-6-10(9)11/h1-6,8H,7H2. The topological polar surface area (TPSA) is 20.3 Å². The van der Waals surface area contributed by atoms with Crippen LogP contribution in [0, 0.1) is 0 Å². The van der Waals surface area contributed by atoms with Crippen LogP contribution in [0.5, 0.6) is 0 Å². The highest BCUT2D eigenvalue weighted by Gasteiger charge is 2.09. The van der Waals surface area contributed by atoms with Crippen LogP contribution in [-0.4, -0.2) is 13.0 Å². The monoisotopic (exact) mass is 159 g/mol. The van der Waals surface area contributed by atoms with Gasteiger partial charge in [0.05, 0.1) is 5.69 Å². The third kappa shape index (κ3) is 1.01. The molecule has 0 aromatic heterocycles. The molecule has 0 N–H and O–H groups in total. The molecule has 2 heteroatoms. The second kappa shape index (κ2) is 2.81. The van der Waals surface area contributed by atoms with Crippen LogP contribution in [0.3, 0.4) is 0 Å². The van der Waals surface area contributed by atoms with Gasteiger partial charge in [-0.2, -0.15) is 0 Å². The van der Waals surface area contributed by atoms with Gasteiger partial charge < -0.3 is 4.90 Å². The maximum absolute atomic E-state index is 10.6. The summed E-state index contributed by atoms with van der Waals surface area (Å²) in [5.41, 5.74) is 2.10. The Kier molecular flexibility index (Phi) is 1.67. The summed E-state index contributed by atoms with van der Waals surface area (Å²) in [6, 6.07) is 7.86. The quantitative estimate of drug-likeness (QED) is 0.571. The van der Waals surface area contributed by atoms with E-state index in [1.54, 1.807) is 4.90 Å². The van der Waals surface area contributed by atoms with Gasteiger partial charge in [-0.15, -0.1) is 0 Å². The molecule has 0 saturated carbocycles. The molecule has 60 valence electrons. The first-order valence-corrected chi connectivity index (χ1v) is 3.89. The third-order valence-electron chi connectivity index (χ3n) is 1.97. The lowest BCUT2D eigenvalue weighted by molar-refractivity contribution is -0.107. The molecule has 1 amide bonds. The van der Waals surface area contributed by atoms with Gasteiger partial charge in [0.1, 0.15) is 0 Å². The van der Waals surface area contributed by atoms with Crippen LogP contribution < -0.4 is 4.90 Å². The summed E-state index contributed by atoms with van der Waals surface area (Å²) in [6.07, 6.45) is 4.88. The number of para-hydroxylation sites is 1. The zero-order valence-electron chi connectivity index (χ0n) is 6.60. The van der Waals surface area contributed by atoms with Crippen molar-refractivity contribution in [1.29, 1.82) is 0 Å². The summed E-state index contributed by atoms with van der Waals surface area (Å²) in [7, 11) is 0. The Labute approximate surface area is 71.1 Å². The van der Waals surface area contributed by atoms with E-state index >= 15 is 0 Å². The fraction of sp³-hybridized carbons (Fsp3) is 0.100. The molecule has 0 atom stereocenters. The van der Waals surface area contributed by atoms with E-state index in [4.69, 9.17) is 0 Å². The Hall–Kier alpha value is -1.57. The van der Waals surface area contributed by atoms with Gasteiger partial charge in [0.25, 0.3) is 0 Å². The lowest BCUT2D eigenvalue weighted by atomic mass is 10.1. The van der Waals surface area contributed by atoms with Crippen molar-refractivity contribution in [3.63, 3.8) is 0 Å². The number of carbonyl (C=O) groups excluding carboxylic acids is 1. The van der Waals surface area contributed by atoms with Gasteiger partial charge >= 0.3 is 0 Å². The maximum atomic E-state index is 10.6. The highest BCUT2D eigenvalue weighted by molar-refractivity contribution is 5.84. The molecule has 0 radical (unpaired) electrons. The third-order valence-corrected chi connectivity index (χ3v) is 1.97. The van der Waals surface area contributed by atoms with E-state index in [-0.39, 0.29) is 0 Å². The van der Waals surface area contributed by atoms with Crippen LogP contribution in [0.4, 0.5) is 5.69 Å². The second-order valence-corrected chi connectivity index (χ2v) is 2.72. The van der Waals surface area contributed by atoms with Gasteiger partial charge in [0, 0.05) is 6.54 Å². The van der Waals surface area contributed by atoms with Crippen molar-refractivity contribution in [2.45, 2.75) is 0 Å². The largest absolute Gasteiger partial charge is 0.311 e. The first-order valence-electron chi connectivity index (χ1n) is 3.89. The van der Waals surface area contributed by atoms with E-state index < -0.39 is 0 Å². The van der Waals surface area contributed by atoms with Crippen LogP contribution in [-0.2, 0) is 4.79 Å². The fourth-order valence-corrected chi connectivity index (χ4v) is 1.38. The summed E-state index contributed by atoms with van der Waals surface area (Å²) in [5, 5.41) is 0. The van der Waals surface area contributed by atoms with Crippen LogP contribution in [0.1, 0.15) is 5.56 Å². The van der Waals surface area contributed by atoms with Crippen molar-refractivity contribution in [3.05, 3.63) is 35.9 Å². The van der Waals surface area contributed by atoms with E-state index in [0.717, 1.165) is 17.7 Å². The van der Waals surface area contributed by atoms with E-state index in [1.807, 2.05) is 36.4 Å². The Morgan fingerprint density at radius 2 is 2.17 bits per heavy atom. The maximum Gasteiger partial charge on any atom is 0.214 e. The van der Waals surface area contributed by atoms with Crippen molar-refractivity contribution in [3.8, 4) is 0 Å². The van der Waals surface area contributed by atoms with Crippen LogP contribution in [0.15, 0.2) is 30.3 Å². The summed E-state index contributed by atoms with van der Waals surface area (Å²) < 4.78 is 0. The minimum absolute atomic E-state index is 0.681. The number of nitrogens with zero attached hydrogens (tertiary/aromatic N) is 1. The second-order valence-electron chi connectivity index (χ2n) is 2.72. The predicted molar refractivity (Wildman–Crippen MR) is 48.9 cm³/mol. The van der Waals surface area contributed by atoms with Crippen LogP contribution >= 0.6 is 0 Å². The average Bonchev–Trinajstić information content (AvgIpc) is 2.17. The fourth-order valence-electron chi connectivity index (χ4n) is 1.38. The predicted octanol–water partition coefficient (Wildman–Crippen LogP) is 1.68. The normalized spacial score (nSPS) is 14.2. The molecular formula is C10H9NO. The molecule has 12 heavy (non-hydrogen) atoms. The highest BCUT2D eigenvalue weighted by Crippen LogP contribution is 2.23. The number of benzene rings is 1. The average molecular weight is 159 g/mol. The number of hydrogen-bond donors (Lipinski definition) is 0. The lowest BCUT2D eigenvalue weighted by Crippen LogP contribution is -2.23. The van der Waals surface area contributed by atoms with Gasteiger partial charge in [-0.05, 0) is 11.6 Å². The number of amides is 1. The molecule has 0 fully saturated rings. The summed E-state index contributed by atoms with van der Waals surface area (Å²) >= 11 is 0. The van der Waals surface area contributed by atoms with Gasteiger partial charge in [0.15, 0.2) is 0 Å². The molecule has 1 aromatic rings. The summed E-state index contributed by atoms with van der Waals surface area (Å²) in [6.45, 7) is 0.681. The van der Waals surface area contributed by atoms with Crippen molar-refractivity contribution >= 4 is 18.2 Å². The van der Waals surface area contributed by atoms with Crippen molar-refractivity contribution < 1.29 is 4.79 Å². The first-order chi connectivity index (χ1) is 5.92. The van der Waals surface area contributed by atoms with Crippen molar-refractivity contribution in [1.82, 2.24) is 0 Å². The molecule has 1 aromatic carbocycles. The van der Waals surface area contributed by atoms with Gasteiger partial charge in [0.2, 0.25) is 6.41 Å².